The number of carbonyl (C=O) groups is 2. The molecule has 246 valence electrons. The van der Waals surface area contributed by atoms with Crippen molar-refractivity contribution >= 4 is 35.1 Å². The Bertz CT molecular complexity index is 1660. The Kier molecular flexibility index (Phi) is 8.69. The second kappa shape index (κ2) is 12.1. The lowest BCUT2D eigenvalue weighted by Crippen LogP contribution is -2.42. The first-order valence-corrected chi connectivity index (χ1v) is 15.4. The van der Waals surface area contributed by atoms with Crippen LogP contribution in [-0.2, 0) is 27.7 Å². The summed E-state index contributed by atoms with van der Waals surface area (Å²) in [5.41, 5.74) is 3.40. The molecule has 3 N–H and O–H groups in total. The van der Waals surface area contributed by atoms with Crippen LogP contribution in [0.3, 0.4) is 0 Å². The first kappa shape index (κ1) is 33.0. The van der Waals surface area contributed by atoms with Crippen LogP contribution in [-0.4, -0.2) is 45.6 Å². The van der Waals surface area contributed by atoms with Gasteiger partial charge in [-0.15, -0.1) is 0 Å². The minimum Gasteiger partial charge on any atom is -0.444 e. The van der Waals surface area contributed by atoms with Crippen LogP contribution in [0.15, 0.2) is 36.5 Å². The van der Waals surface area contributed by atoms with Crippen LogP contribution in [0.2, 0.25) is 0 Å². The fourth-order valence-corrected chi connectivity index (χ4v) is 6.21. The number of anilines is 4. The van der Waals surface area contributed by atoms with E-state index in [4.69, 9.17) is 4.74 Å². The van der Waals surface area contributed by atoms with Gasteiger partial charge in [-0.3, -0.25) is 4.79 Å². The molecule has 0 aliphatic carbocycles. The molecule has 3 aromatic rings. The van der Waals surface area contributed by atoms with Crippen LogP contribution in [0.4, 0.5) is 41.1 Å². The van der Waals surface area contributed by atoms with Gasteiger partial charge in [0.25, 0.3) is 0 Å². The van der Waals surface area contributed by atoms with Gasteiger partial charge in [0.2, 0.25) is 11.9 Å². The Labute approximate surface area is 267 Å². The summed E-state index contributed by atoms with van der Waals surface area (Å²) in [5, 5.41) is 8.80. The molecule has 2 aromatic carbocycles. The third-order valence-corrected chi connectivity index (χ3v) is 8.72. The second-order valence-corrected chi connectivity index (χ2v) is 13.6. The van der Waals surface area contributed by atoms with E-state index in [2.05, 4.69) is 25.9 Å². The monoisotopic (exact) mass is 638 g/mol. The van der Waals surface area contributed by atoms with Crippen molar-refractivity contribution in [2.24, 2.45) is 0 Å². The number of piperidine rings is 1. The van der Waals surface area contributed by atoms with Crippen LogP contribution in [0.25, 0.3) is 0 Å². The van der Waals surface area contributed by atoms with Crippen LogP contribution in [0.5, 0.6) is 0 Å². The van der Waals surface area contributed by atoms with Gasteiger partial charge in [0.05, 0.1) is 5.41 Å². The Balaban J connectivity index is 1.36. The molecule has 1 fully saturated rings. The number of benzene rings is 2. The number of carbonyl (C=O) groups excluding carboxylic acids is 2. The summed E-state index contributed by atoms with van der Waals surface area (Å²) in [7, 11) is 0. The van der Waals surface area contributed by atoms with Gasteiger partial charge in [0.15, 0.2) is 0 Å². The molecule has 1 aromatic heterocycles. The van der Waals surface area contributed by atoms with Crippen LogP contribution >= 0.6 is 0 Å². The van der Waals surface area contributed by atoms with E-state index in [1.165, 1.54) is 0 Å². The summed E-state index contributed by atoms with van der Waals surface area (Å²) >= 11 is 0. The fourth-order valence-electron chi connectivity index (χ4n) is 6.21. The highest BCUT2D eigenvalue weighted by atomic mass is 19.4. The van der Waals surface area contributed by atoms with E-state index >= 15 is 0 Å². The number of hydrogen-bond donors (Lipinski definition) is 3. The van der Waals surface area contributed by atoms with E-state index in [1.54, 1.807) is 36.9 Å². The summed E-state index contributed by atoms with van der Waals surface area (Å²) in [6.45, 7) is 14.3. The number of nitrogens with one attached hydrogen (secondary N) is 3. The number of ether oxygens (including phenoxy) is 1. The molecule has 2 aliphatic rings. The van der Waals surface area contributed by atoms with Crippen molar-refractivity contribution in [3.8, 4) is 0 Å². The van der Waals surface area contributed by atoms with Crippen LogP contribution in [0, 0.1) is 13.8 Å². The van der Waals surface area contributed by atoms with Gasteiger partial charge in [0.1, 0.15) is 17.0 Å². The quantitative estimate of drug-likeness (QED) is 0.253. The summed E-state index contributed by atoms with van der Waals surface area (Å²) < 4.78 is 47.6. The van der Waals surface area contributed by atoms with E-state index in [0.717, 1.165) is 41.3 Å². The number of rotatable bonds is 6. The first-order valence-electron chi connectivity index (χ1n) is 15.4. The Hall–Kier alpha value is -4.35. The zero-order chi connectivity index (χ0) is 33.6. The molecule has 0 spiro atoms. The maximum absolute atomic E-state index is 14.0. The molecule has 0 radical (unpaired) electrons. The zero-order valence-corrected chi connectivity index (χ0v) is 27.3. The number of hydrogen-bond acceptors (Lipinski definition) is 7. The fraction of sp³-hybridized carbons (Fsp3) is 0.471. The van der Waals surface area contributed by atoms with Crippen molar-refractivity contribution < 1.29 is 27.5 Å². The average Bonchev–Trinajstić information content (AvgIpc) is 3.21. The molecular weight excluding hydrogens is 597 g/mol. The highest BCUT2D eigenvalue weighted by molar-refractivity contribution is 6.06. The molecule has 3 heterocycles. The van der Waals surface area contributed by atoms with Gasteiger partial charge >= 0.3 is 12.3 Å². The number of nitrogens with zero attached hydrogens (tertiary/aromatic N) is 3. The van der Waals surface area contributed by atoms with Gasteiger partial charge in [-0.2, -0.15) is 18.2 Å². The predicted molar refractivity (Wildman–Crippen MR) is 171 cm³/mol. The van der Waals surface area contributed by atoms with Gasteiger partial charge in [-0.25, -0.2) is 9.78 Å². The molecule has 12 heteroatoms. The van der Waals surface area contributed by atoms with Crippen molar-refractivity contribution in [2.45, 2.75) is 91.0 Å². The average molecular weight is 639 g/mol. The third kappa shape index (κ3) is 6.75. The summed E-state index contributed by atoms with van der Waals surface area (Å²) in [6.07, 6.45) is -2.45. The lowest BCUT2D eigenvalue weighted by atomic mass is 9.83. The number of likely N-dealkylation sites (tertiary alicyclic amines) is 1. The molecule has 1 saturated heterocycles. The second-order valence-electron chi connectivity index (χ2n) is 13.6. The minimum atomic E-state index is -4.68. The van der Waals surface area contributed by atoms with Gasteiger partial charge in [0, 0.05) is 43.1 Å². The molecule has 0 saturated carbocycles. The number of aromatic nitrogens is 2. The molecule has 2 amide bonds. The van der Waals surface area contributed by atoms with Gasteiger partial charge in [-0.1, -0.05) is 18.2 Å². The number of alkyl halides is 3. The zero-order valence-electron chi connectivity index (χ0n) is 27.3. The Morgan fingerprint density at radius 2 is 1.87 bits per heavy atom. The molecule has 1 unspecified atom stereocenters. The van der Waals surface area contributed by atoms with Crippen molar-refractivity contribution in [1.29, 1.82) is 0 Å². The predicted octanol–water partition coefficient (Wildman–Crippen LogP) is 7.81. The maximum atomic E-state index is 14.0. The molecule has 1 atom stereocenters. The summed E-state index contributed by atoms with van der Waals surface area (Å²) in [4.78, 5) is 35.2. The molecule has 2 aliphatic heterocycles. The normalized spacial score (nSPS) is 17.7. The minimum absolute atomic E-state index is 0.00924. The van der Waals surface area contributed by atoms with Gasteiger partial charge < -0.3 is 25.6 Å². The lowest BCUT2D eigenvalue weighted by molar-refractivity contribution is -0.137. The van der Waals surface area contributed by atoms with Crippen molar-refractivity contribution in [1.82, 2.24) is 14.9 Å². The standard InChI is InChI=1S/C34H41F3N6O3/c1-19-20(2)25(14-13-23(19)22-11-9-15-43(18-22)31(45)46-32(3,4)5)41-30-39-17-24(34(35,36)37)28(42-30)38-16-21-10-8-12-26-27(21)33(6,7)29(44)40-26/h8,10,12-14,17,22H,9,11,15-16,18H2,1-7H3,(H,40,44)(H2,38,39,41,42). The first-order chi connectivity index (χ1) is 21.5. The van der Waals surface area contributed by atoms with E-state index < -0.39 is 22.8 Å². The van der Waals surface area contributed by atoms with E-state index in [1.807, 2.05) is 46.8 Å². The SMILES string of the molecule is Cc1c(Nc2ncc(C(F)(F)F)c(NCc3cccc4c3C(C)(C)C(=O)N4)n2)ccc(C2CCCN(C(=O)OC(C)(C)C)C2)c1C. The molecule has 5 rings (SSSR count). The Morgan fingerprint density at radius 1 is 1.13 bits per heavy atom. The lowest BCUT2D eigenvalue weighted by Gasteiger charge is -2.35. The maximum Gasteiger partial charge on any atom is 0.421 e. The van der Waals surface area contributed by atoms with Crippen LogP contribution in [0.1, 0.15) is 86.8 Å². The highest BCUT2D eigenvalue weighted by Gasteiger charge is 2.40. The van der Waals surface area contributed by atoms with E-state index in [0.29, 0.717) is 30.0 Å². The molecule has 0 bridgehead atoms. The number of halogens is 3. The Morgan fingerprint density at radius 3 is 2.57 bits per heavy atom. The van der Waals surface area contributed by atoms with Crippen molar-refractivity contribution in [2.75, 3.05) is 29.0 Å². The van der Waals surface area contributed by atoms with Crippen LogP contribution < -0.4 is 16.0 Å². The largest absolute Gasteiger partial charge is 0.444 e. The molecular formula is C34H41F3N6O3. The highest BCUT2D eigenvalue weighted by Crippen LogP contribution is 2.41. The summed E-state index contributed by atoms with van der Waals surface area (Å²) in [6, 6.07) is 9.18. The molecule has 9 nitrogen and oxygen atoms in total. The third-order valence-electron chi connectivity index (χ3n) is 8.72. The smallest absolute Gasteiger partial charge is 0.421 e. The van der Waals surface area contributed by atoms with Crippen molar-refractivity contribution in [3.63, 3.8) is 0 Å². The molecule has 46 heavy (non-hydrogen) atoms. The van der Waals surface area contributed by atoms with E-state index in [9.17, 15) is 22.8 Å². The summed E-state index contributed by atoms with van der Waals surface area (Å²) in [5.74, 6) is -0.398. The topological polar surface area (TPSA) is 108 Å². The van der Waals surface area contributed by atoms with Crippen molar-refractivity contribution in [3.05, 3.63) is 69.9 Å². The number of fused-ring (bicyclic) bond motifs is 1. The number of amides is 2. The van der Waals surface area contributed by atoms with Gasteiger partial charge in [-0.05, 0) is 101 Å². The van der Waals surface area contributed by atoms with E-state index in [-0.39, 0.29) is 36.2 Å².